The summed E-state index contributed by atoms with van der Waals surface area (Å²) in [4.78, 5) is 0.192. The molecule has 0 saturated carbocycles. The predicted molar refractivity (Wildman–Crippen MR) is 68.8 cm³/mol. The predicted octanol–water partition coefficient (Wildman–Crippen LogP) is 0.110. The number of anilines is 1. The fourth-order valence-electron chi connectivity index (χ4n) is 1.46. The van der Waals surface area contributed by atoms with Crippen molar-refractivity contribution >= 4 is 15.7 Å². The third-order valence-corrected chi connectivity index (χ3v) is 3.77. The Bertz CT molecular complexity index is 608. The van der Waals surface area contributed by atoms with E-state index in [0.29, 0.717) is 0 Å². The van der Waals surface area contributed by atoms with Crippen molar-refractivity contribution in [2.24, 2.45) is 0 Å². The molecule has 0 saturated heterocycles. The molecule has 2 rings (SSSR count). The van der Waals surface area contributed by atoms with Crippen molar-refractivity contribution < 1.29 is 8.42 Å². The summed E-state index contributed by atoms with van der Waals surface area (Å²) in [6, 6.07) is 6.51. The molecule has 102 valence electrons. The maximum Gasteiger partial charge on any atom is 0.240 e. The summed E-state index contributed by atoms with van der Waals surface area (Å²) in [6.45, 7) is 2.74. The van der Waals surface area contributed by atoms with E-state index in [0.717, 1.165) is 12.2 Å². The Morgan fingerprint density at radius 2 is 2.00 bits per heavy atom. The highest BCUT2D eigenvalue weighted by Gasteiger charge is 2.14. The second-order valence-electron chi connectivity index (χ2n) is 3.71. The summed E-state index contributed by atoms with van der Waals surface area (Å²) >= 11 is 0. The molecule has 1 aromatic heterocycles. The van der Waals surface area contributed by atoms with Gasteiger partial charge in [0.15, 0.2) is 5.82 Å². The van der Waals surface area contributed by atoms with Gasteiger partial charge in [-0.15, -0.1) is 10.2 Å². The van der Waals surface area contributed by atoms with E-state index < -0.39 is 10.0 Å². The maximum absolute atomic E-state index is 12.0. The quantitative estimate of drug-likeness (QED) is 0.693. The van der Waals surface area contributed by atoms with Crippen molar-refractivity contribution in [2.75, 3.05) is 11.9 Å². The van der Waals surface area contributed by atoms with Gasteiger partial charge in [0.05, 0.1) is 11.4 Å². The number of aromatic amines is 1. The number of rotatable bonds is 6. The highest BCUT2D eigenvalue weighted by atomic mass is 32.2. The lowest BCUT2D eigenvalue weighted by atomic mass is 10.3. The van der Waals surface area contributed by atoms with E-state index in [4.69, 9.17) is 0 Å². The standard InChI is InChI=1S/C10H14N6O2S/c1-2-11-8-3-5-9(6-4-8)19(17,18)12-7-10-13-15-16-14-10/h3-6,11-12H,2,7H2,1H3,(H,13,14,15,16). The number of tetrazole rings is 1. The summed E-state index contributed by atoms with van der Waals surface area (Å²) < 4.78 is 26.4. The smallest absolute Gasteiger partial charge is 0.240 e. The minimum atomic E-state index is -3.57. The number of hydrogen-bond acceptors (Lipinski definition) is 6. The first kappa shape index (κ1) is 13.4. The molecule has 9 heteroatoms. The van der Waals surface area contributed by atoms with Crippen molar-refractivity contribution in [3.8, 4) is 0 Å². The van der Waals surface area contributed by atoms with Crippen LogP contribution in [0.1, 0.15) is 12.7 Å². The van der Waals surface area contributed by atoms with E-state index in [1.165, 1.54) is 12.1 Å². The number of H-pyrrole nitrogens is 1. The lowest BCUT2D eigenvalue weighted by molar-refractivity contribution is 0.579. The lowest BCUT2D eigenvalue weighted by Crippen LogP contribution is -2.23. The molecule has 0 bridgehead atoms. The zero-order valence-electron chi connectivity index (χ0n) is 10.3. The molecule has 0 amide bonds. The van der Waals surface area contributed by atoms with Gasteiger partial charge in [-0.05, 0) is 31.2 Å². The van der Waals surface area contributed by atoms with E-state index in [9.17, 15) is 8.42 Å². The van der Waals surface area contributed by atoms with E-state index >= 15 is 0 Å². The largest absolute Gasteiger partial charge is 0.385 e. The van der Waals surface area contributed by atoms with Crippen LogP contribution in [0.4, 0.5) is 5.69 Å². The molecule has 2 aromatic rings. The summed E-state index contributed by atoms with van der Waals surface area (Å²) in [7, 11) is -3.57. The first-order valence-electron chi connectivity index (χ1n) is 5.68. The average molecular weight is 282 g/mol. The molecule has 0 aliphatic rings. The second-order valence-corrected chi connectivity index (χ2v) is 5.47. The van der Waals surface area contributed by atoms with Crippen LogP contribution in [0.3, 0.4) is 0 Å². The van der Waals surface area contributed by atoms with Crippen LogP contribution in [-0.2, 0) is 16.6 Å². The van der Waals surface area contributed by atoms with Crippen molar-refractivity contribution in [1.29, 1.82) is 0 Å². The van der Waals surface area contributed by atoms with Gasteiger partial charge < -0.3 is 5.32 Å². The Hall–Kier alpha value is -2.00. The van der Waals surface area contributed by atoms with Crippen LogP contribution in [0.25, 0.3) is 0 Å². The van der Waals surface area contributed by atoms with E-state index in [1.54, 1.807) is 12.1 Å². The topological polar surface area (TPSA) is 113 Å². The molecular formula is C10H14N6O2S. The normalized spacial score (nSPS) is 11.4. The molecule has 1 heterocycles. The Labute approximate surface area is 110 Å². The molecule has 0 atom stereocenters. The Morgan fingerprint density at radius 3 is 2.58 bits per heavy atom. The summed E-state index contributed by atoms with van der Waals surface area (Å²) in [6.07, 6.45) is 0. The zero-order valence-corrected chi connectivity index (χ0v) is 11.1. The molecule has 0 unspecified atom stereocenters. The van der Waals surface area contributed by atoms with Crippen LogP contribution in [0.15, 0.2) is 29.2 Å². The summed E-state index contributed by atoms with van der Waals surface area (Å²) in [5.74, 6) is 0.285. The third-order valence-electron chi connectivity index (χ3n) is 2.36. The van der Waals surface area contributed by atoms with Gasteiger partial charge in [-0.1, -0.05) is 5.21 Å². The second kappa shape index (κ2) is 5.76. The van der Waals surface area contributed by atoms with Crippen LogP contribution < -0.4 is 10.0 Å². The Kier molecular flexibility index (Phi) is 4.07. The van der Waals surface area contributed by atoms with Crippen molar-refractivity contribution in [3.63, 3.8) is 0 Å². The molecular weight excluding hydrogens is 268 g/mol. The van der Waals surface area contributed by atoms with Gasteiger partial charge in [-0.2, -0.15) is 5.21 Å². The van der Waals surface area contributed by atoms with Gasteiger partial charge in [0.25, 0.3) is 0 Å². The zero-order chi connectivity index (χ0) is 13.7. The number of nitrogens with zero attached hydrogens (tertiary/aromatic N) is 3. The molecule has 0 aliphatic carbocycles. The van der Waals surface area contributed by atoms with E-state index in [1.807, 2.05) is 6.92 Å². The fourth-order valence-corrected chi connectivity index (χ4v) is 2.44. The number of aromatic nitrogens is 4. The maximum atomic E-state index is 12.0. The van der Waals surface area contributed by atoms with Gasteiger partial charge in [-0.25, -0.2) is 13.1 Å². The first-order chi connectivity index (χ1) is 9.12. The molecule has 3 N–H and O–H groups in total. The van der Waals surface area contributed by atoms with Crippen LogP contribution in [0.2, 0.25) is 0 Å². The molecule has 8 nitrogen and oxygen atoms in total. The van der Waals surface area contributed by atoms with Crippen molar-refractivity contribution in [3.05, 3.63) is 30.1 Å². The SMILES string of the molecule is CCNc1ccc(S(=O)(=O)NCc2nn[nH]n2)cc1. The monoisotopic (exact) mass is 282 g/mol. The molecule has 0 fully saturated rings. The third kappa shape index (κ3) is 3.48. The summed E-state index contributed by atoms with van der Waals surface area (Å²) in [5, 5.41) is 16.0. The van der Waals surface area contributed by atoms with E-state index in [-0.39, 0.29) is 17.3 Å². The fraction of sp³-hybridized carbons (Fsp3) is 0.300. The van der Waals surface area contributed by atoms with Crippen LogP contribution in [0.5, 0.6) is 0 Å². The highest BCUT2D eigenvalue weighted by molar-refractivity contribution is 7.89. The molecule has 19 heavy (non-hydrogen) atoms. The number of sulfonamides is 1. The lowest BCUT2D eigenvalue weighted by Gasteiger charge is -2.06. The van der Waals surface area contributed by atoms with Crippen molar-refractivity contribution in [1.82, 2.24) is 25.3 Å². The van der Waals surface area contributed by atoms with Gasteiger partial charge in [0, 0.05) is 12.2 Å². The number of hydrogen-bond donors (Lipinski definition) is 3. The number of benzene rings is 1. The average Bonchev–Trinajstić information content (AvgIpc) is 2.91. The van der Waals surface area contributed by atoms with Crippen LogP contribution in [0, 0.1) is 0 Å². The highest BCUT2D eigenvalue weighted by Crippen LogP contribution is 2.13. The minimum absolute atomic E-state index is 0.00616. The van der Waals surface area contributed by atoms with Gasteiger partial charge in [-0.3, -0.25) is 0 Å². The molecule has 1 aromatic carbocycles. The Morgan fingerprint density at radius 1 is 1.26 bits per heavy atom. The number of nitrogens with one attached hydrogen (secondary N) is 3. The van der Waals surface area contributed by atoms with Gasteiger partial charge in [0.2, 0.25) is 10.0 Å². The van der Waals surface area contributed by atoms with Gasteiger partial charge in [0.1, 0.15) is 0 Å². The summed E-state index contributed by atoms with van der Waals surface area (Å²) in [5.41, 5.74) is 0.875. The van der Waals surface area contributed by atoms with Crippen LogP contribution >= 0.6 is 0 Å². The van der Waals surface area contributed by atoms with Crippen molar-refractivity contribution in [2.45, 2.75) is 18.4 Å². The van der Waals surface area contributed by atoms with E-state index in [2.05, 4.69) is 30.7 Å². The van der Waals surface area contributed by atoms with Gasteiger partial charge >= 0.3 is 0 Å². The molecule has 0 spiro atoms. The first-order valence-corrected chi connectivity index (χ1v) is 7.16. The minimum Gasteiger partial charge on any atom is -0.385 e. The van der Waals surface area contributed by atoms with Crippen LogP contribution in [-0.4, -0.2) is 35.6 Å². The molecule has 0 radical (unpaired) electrons. The molecule has 0 aliphatic heterocycles. The Balaban J connectivity index is 2.06.